The highest BCUT2D eigenvalue weighted by molar-refractivity contribution is 5.96. The Morgan fingerprint density at radius 2 is 1.55 bits per heavy atom. The summed E-state index contributed by atoms with van der Waals surface area (Å²) >= 11 is 0. The second-order valence-electron chi connectivity index (χ2n) is 7.50. The second-order valence-corrected chi connectivity index (χ2v) is 7.50. The number of fused-ring (bicyclic) bond motifs is 3. The summed E-state index contributed by atoms with van der Waals surface area (Å²) in [7, 11) is 0. The molecule has 0 saturated heterocycles. The van der Waals surface area contributed by atoms with Gasteiger partial charge in [-0.25, -0.2) is 4.98 Å². The summed E-state index contributed by atoms with van der Waals surface area (Å²) < 4.78 is 2.18. The van der Waals surface area contributed by atoms with Gasteiger partial charge in [0.1, 0.15) is 17.2 Å². The molecule has 0 spiro atoms. The second kappa shape index (κ2) is 7.10. The van der Waals surface area contributed by atoms with Gasteiger partial charge in [-0.2, -0.15) is 0 Å². The standard InChI is InChI=1S/C26H23N3/c1-18-10-6-8-14-22(18)24-26(27-19(2)20-11-4-3-5-12-20)29-17-16-21-13-7-9-15-23(21)25(29)28-24/h3-17,19,27H,1-2H3. The van der Waals surface area contributed by atoms with Crippen molar-refractivity contribution < 1.29 is 0 Å². The predicted molar refractivity (Wildman–Crippen MR) is 121 cm³/mol. The first kappa shape index (κ1) is 17.5. The number of nitrogens with one attached hydrogen (secondary N) is 1. The largest absolute Gasteiger partial charge is 0.363 e. The molecule has 29 heavy (non-hydrogen) atoms. The SMILES string of the molecule is Cc1ccccc1-c1nc2c3ccccc3ccn2c1NC(C)c1ccccc1. The van der Waals surface area contributed by atoms with Crippen molar-refractivity contribution in [2.24, 2.45) is 0 Å². The molecule has 5 aromatic rings. The van der Waals surface area contributed by atoms with Crippen LogP contribution in [0.5, 0.6) is 0 Å². The van der Waals surface area contributed by atoms with E-state index in [-0.39, 0.29) is 6.04 Å². The maximum absolute atomic E-state index is 5.12. The lowest BCUT2D eigenvalue weighted by Gasteiger charge is -2.17. The Labute approximate surface area is 170 Å². The Kier molecular flexibility index (Phi) is 4.28. The molecular weight excluding hydrogens is 354 g/mol. The molecule has 1 atom stereocenters. The van der Waals surface area contributed by atoms with Crippen molar-refractivity contribution in [3.63, 3.8) is 0 Å². The van der Waals surface area contributed by atoms with Crippen molar-refractivity contribution in [1.29, 1.82) is 0 Å². The first-order chi connectivity index (χ1) is 14.2. The van der Waals surface area contributed by atoms with Crippen LogP contribution in [-0.2, 0) is 0 Å². The highest BCUT2D eigenvalue weighted by Gasteiger charge is 2.19. The molecule has 0 bridgehead atoms. The van der Waals surface area contributed by atoms with E-state index >= 15 is 0 Å². The lowest BCUT2D eigenvalue weighted by Crippen LogP contribution is -2.09. The van der Waals surface area contributed by atoms with Crippen molar-refractivity contribution in [2.45, 2.75) is 19.9 Å². The summed E-state index contributed by atoms with van der Waals surface area (Å²) in [6.45, 7) is 4.33. The van der Waals surface area contributed by atoms with Crippen LogP contribution in [0.1, 0.15) is 24.1 Å². The Morgan fingerprint density at radius 3 is 2.38 bits per heavy atom. The number of pyridine rings is 1. The molecule has 3 nitrogen and oxygen atoms in total. The fraction of sp³-hybridized carbons (Fsp3) is 0.115. The first-order valence-corrected chi connectivity index (χ1v) is 9.99. The normalized spacial score (nSPS) is 12.3. The summed E-state index contributed by atoms with van der Waals surface area (Å²) in [6, 6.07) is 29.7. The number of aromatic nitrogens is 2. The van der Waals surface area contributed by atoms with Gasteiger partial charge in [-0.15, -0.1) is 0 Å². The Bertz CT molecular complexity index is 1300. The Morgan fingerprint density at radius 1 is 0.828 bits per heavy atom. The molecule has 0 fully saturated rings. The molecule has 0 radical (unpaired) electrons. The van der Waals surface area contributed by atoms with Gasteiger partial charge in [0.2, 0.25) is 0 Å². The highest BCUT2D eigenvalue weighted by atomic mass is 15.1. The minimum Gasteiger partial charge on any atom is -0.363 e. The topological polar surface area (TPSA) is 29.3 Å². The van der Waals surface area contributed by atoms with Crippen LogP contribution in [0.25, 0.3) is 27.7 Å². The van der Waals surface area contributed by atoms with Crippen LogP contribution < -0.4 is 5.32 Å². The Hall–Kier alpha value is -3.59. The molecular formula is C26H23N3. The van der Waals surface area contributed by atoms with E-state index in [2.05, 4.69) is 115 Å². The molecule has 2 heterocycles. The van der Waals surface area contributed by atoms with Crippen molar-refractivity contribution in [2.75, 3.05) is 5.32 Å². The third-order valence-corrected chi connectivity index (χ3v) is 5.57. The molecule has 142 valence electrons. The van der Waals surface area contributed by atoms with Crippen molar-refractivity contribution in [3.8, 4) is 11.3 Å². The van der Waals surface area contributed by atoms with Crippen LogP contribution in [0.2, 0.25) is 0 Å². The van der Waals surface area contributed by atoms with Crippen LogP contribution in [0.4, 0.5) is 5.82 Å². The molecule has 2 aromatic heterocycles. The molecule has 3 heteroatoms. The molecule has 0 aliphatic heterocycles. The lowest BCUT2D eigenvalue weighted by atomic mass is 10.0. The molecule has 0 aliphatic carbocycles. The summed E-state index contributed by atoms with van der Waals surface area (Å²) in [6.07, 6.45) is 2.12. The summed E-state index contributed by atoms with van der Waals surface area (Å²) in [5.41, 5.74) is 5.59. The van der Waals surface area contributed by atoms with E-state index in [1.54, 1.807) is 0 Å². The summed E-state index contributed by atoms with van der Waals surface area (Å²) in [4.78, 5) is 5.12. The smallest absolute Gasteiger partial charge is 0.147 e. The number of imidazole rings is 1. The summed E-state index contributed by atoms with van der Waals surface area (Å²) in [5, 5.41) is 6.10. The van der Waals surface area contributed by atoms with Gasteiger partial charge in [0.05, 0.1) is 0 Å². The number of hydrogen-bond donors (Lipinski definition) is 1. The number of nitrogens with zero attached hydrogens (tertiary/aromatic N) is 2. The van der Waals surface area contributed by atoms with E-state index in [1.165, 1.54) is 16.5 Å². The fourth-order valence-corrected chi connectivity index (χ4v) is 3.96. The number of benzene rings is 3. The Balaban J connectivity index is 1.74. The lowest BCUT2D eigenvalue weighted by molar-refractivity contribution is 0.871. The number of aryl methyl sites for hydroxylation is 1. The van der Waals surface area contributed by atoms with Gasteiger partial charge < -0.3 is 5.32 Å². The van der Waals surface area contributed by atoms with Gasteiger partial charge in [0, 0.05) is 23.2 Å². The minimum absolute atomic E-state index is 0.158. The first-order valence-electron chi connectivity index (χ1n) is 9.99. The summed E-state index contributed by atoms with van der Waals surface area (Å²) in [5.74, 6) is 1.02. The fourth-order valence-electron chi connectivity index (χ4n) is 3.96. The van der Waals surface area contributed by atoms with Crippen LogP contribution in [0.3, 0.4) is 0 Å². The molecule has 0 amide bonds. The molecule has 5 rings (SSSR count). The van der Waals surface area contributed by atoms with E-state index in [9.17, 15) is 0 Å². The minimum atomic E-state index is 0.158. The molecule has 1 unspecified atom stereocenters. The average molecular weight is 377 g/mol. The van der Waals surface area contributed by atoms with Crippen molar-refractivity contribution in [1.82, 2.24) is 9.38 Å². The molecule has 0 aliphatic rings. The maximum Gasteiger partial charge on any atom is 0.147 e. The molecule has 0 saturated carbocycles. The van der Waals surface area contributed by atoms with Gasteiger partial charge in [-0.05, 0) is 36.4 Å². The highest BCUT2D eigenvalue weighted by Crippen LogP contribution is 2.35. The van der Waals surface area contributed by atoms with Gasteiger partial charge in [0.25, 0.3) is 0 Å². The van der Waals surface area contributed by atoms with Gasteiger partial charge >= 0.3 is 0 Å². The number of hydrogen-bond acceptors (Lipinski definition) is 2. The van der Waals surface area contributed by atoms with E-state index in [1.807, 2.05) is 0 Å². The van der Waals surface area contributed by atoms with Crippen LogP contribution in [0.15, 0.2) is 91.1 Å². The van der Waals surface area contributed by atoms with Crippen molar-refractivity contribution in [3.05, 3.63) is 102 Å². The van der Waals surface area contributed by atoms with E-state index in [0.29, 0.717) is 0 Å². The van der Waals surface area contributed by atoms with Gasteiger partial charge in [-0.3, -0.25) is 4.40 Å². The van der Waals surface area contributed by atoms with E-state index < -0.39 is 0 Å². The van der Waals surface area contributed by atoms with Crippen LogP contribution >= 0.6 is 0 Å². The molecule has 3 aromatic carbocycles. The maximum atomic E-state index is 5.12. The van der Waals surface area contributed by atoms with Crippen molar-refractivity contribution >= 4 is 22.2 Å². The third kappa shape index (κ3) is 3.05. The monoisotopic (exact) mass is 377 g/mol. The number of anilines is 1. The quantitative estimate of drug-likeness (QED) is 0.380. The predicted octanol–water partition coefficient (Wildman–Crippen LogP) is 6.64. The zero-order chi connectivity index (χ0) is 19.8. The van der Waals surface area contributed by atoms with Crippen LogP contribution in [-0.4, -0.2) is 9.38 Å². The average Bonchev–Trinajstić information content (AvgIpc) is 3.13. The van der Waals surface area contributed by atoms with E-state index in [4.69, 9.17) is 4.98 Å². The zero-order valence-electron chi connectivity index (χ0n) is 16.6. The van der Waals surface area contributed by atoms with Gasteiger partial charge in [0.15, 0.2) is 0 Å². The van der Waals surface area contributed by atoms with Gasteiger partial charge in [-0.1, -0.05) is 78.9 Å². The zero-order valence-corrected chi connectivity index (χ0v) is 16.6. The van der Waals surface area contributed by atoms with Crippen LogP contribution in [0, 0.1) is 6.92 Å². The third-order valence-electron chi connectivity index (χ3n) is 5.57. The number of rotatable bonds is 4. The van der Waals surface area contributed by atoms with E-state index in [0.717, 1.165) is 28.1 Å². The molecule has 1 N–H and O–H groups in total.